The van der Waals surface area contributed by atoms with Crippen molar-refractivity contribution in [1.29, 1.82) is 0 Å². The molecule has 1 aliphatic heterocycles. The molecule has 168 valence electrons. The lowest BCUT2D eigenvalue weighted by molar-refractivity contribution is -0.124. The van der Waals surface area contributed by atoms with Gasteiger partial charge >= 0.3 is 5.63 Å². The number of morpholine rings is 1. The monoisotopic (exact) mass is 456 g/mol. The van der Waals surface area contributed by atoms with Gasteiger partial charge < -0.3 is 19.2 Å². The fraction of sp³-hybridized carbons (Fsp3) is 0.333. The van der Waals surface area contributed by atoms with Crippen LogP contribution in [0, 0.1) is 6.92 Å². The zero-order valence-electron chi connectivity index (χ0n) is 17.8. The van der Waals surface area contributed by atoms with E-state index in [9.17, 15) is 9.59 Å². The Bertz CT molecular complexity index is 1150. The van der Waals surface area contributed by atoms with Crippen molar-refractivity contribution in [2.75, 3.05) is 32.8 Å². The van der Waals surface area contributed by atoms with Crippen molar-refractivity contribution in [3.05, 3.63) is 75.1 Å². The van der Waals surface area contributed by atoms with Gasteiger partial charge in [0.25, 0.3) is 5.91 Å². The molecule has 0 spiro atoms. The van der Waals surface area contributed by atoms with Crippen LogP contribution in [0.15, 0.2) is 57.7 Å². The van der Waals surface area contributed by atoms with Crippen LogP contribution in [0.25, 0.3) is 11.0 Å². The summed E-state index contributed by atoms with van der Waals surface area (Å²) in [6, 6.07) is 14.9. The predicted octanol–water partition coefficient (Wildman–Crippen LogP) is 3.15. The third kappa shape index (κ3) is 5.68. The van der Waals surface area contributed by atoms with E-state index in [1.54, 1.807) is 13.0 Å². The number of carbonyl (C=O) groups excluding carboxylic acids is 1. The molecule has 3 aromatic rings. The quantitative estimate of drug-likeness (QED) is 0.550. The SMILES string of the molecule is Cc1cc(=O)oc2cc(OCC(=O)NCC3CN(Cc4ccccc4)CCO3)c(Cl)cc12. The first-order valence-corrected chi connectivity index (χ1v) is 10.9. The molecule has 1 unspecified atom stereocenters. The highest BCUT2D eigenvalue weighted by Crippen LogP contribution is 2.30. The van der Waals surface area contributed by atoms with E-state index in [-0.39, 0.29) is 24.4 Å². The lowest BCUT2D eigenvalue weighted by atomic mass is 10.1. The molecule has 1 N–H and O–H groups in total. The summed E-state index contributed by atoms with van der Waals surface area (Å²) in [5, 5.41) is 3.91. The molecule has 7 nitrogen and oxygen atoms in total. The van der Waals surface area contributed by atoms with Crippen molar-refractivity contribution in [2.45, 2.75) is 19.6 Å². The van der Waals surface area contributed by atoms with Crippen molar-refractivity contribution in [3.8, 4) is 5.75 Å². The lowest BCUT2D eigenvalue weighted by Crippen LogP contribution is -2.47. The van der Waals surface area contributed by atoms with Crippen molar-refractivity contribution in [1.82, 2.24) is 10.2 Å². The minimum atomic E-state index is -0.449. The van der Waals surface area contributed by atoms with E-state index in [1.807, 2.05) is 18.2 Å². The molecule has 1 fully saturated rings. The second-order valence-electron chi connectivity index (χ2n) is 7.83. The van der Waals surface area contributed by atoms with Crippen LogP contribution >= 0.6 is 11.6 Å². The molecule has 1 aromatic heterocycles. The van der Waals surface area contributed by atoms with Crippen LogP contribution in [0.2, 0.25) is 5.02 Å². The molecule has 1 amide bonds. The Labute approximate surface area is 190 Å². The van der Waals surface area contributed by atoms with Gasteiger partial charge in [-0.05, 0) is 24.1 Å². The Hall–Kier alpha value is -2.87. The summed E-state index contributed by atoms with van der Waals surface area (Å²) in [6.45, 7) is 5.07. The number of fused-ring (bicyclic) bond motifs is 1. The van der Waals surface area contributed by atoms with Crippen LogP contribution in [0.3, 0.4) is 0 Å². The number of hydrogen-bond donors (Lipinski definition) is 1. The summed E-state index contributed by atoms with van der Waals surface area (Å²) in [5.41, 5.74) is 1.93. The number of nitrogens with one attached hydrogen (secondary N) is 1. The average Bonchev–Trinajstić information content (AvgIpc) is 2.78. The van der Waals surface area contributed by atoms with Crippen LogP contribution < -0.4 is 15.7 Å². The normalized spacial score (nSPS) is 16.8. The minimum Gasteiger partial charge on any atom is -0.482 e. The Kier molecular flexibility index (Phi) is 7.09. The van der Waals surface area contributed by atoms with Crippen molar-refractivity contribution >= 4 is 28.5 Å². The van der Waals surface area contributed by atoms with Crippen LogP contribution in [0.4, 0.5) is 0 Å². The molecule has 1 aliphatic rings. The molecule has 0 bridgehead atoms. The van der Waals surface area contributed by atoms with Gasteiger partial charge in [0.1, 0.15) is 11.3 Å². The van der Waals surface area contributed by atoms with E-state index in [4.69, 9.17) is 25.5 Å². The van der Waals surface area contributed by atoms with E-state index >= 15 is 0 Å². The Morgan fingerprint density at radius 3 is 2.88 bits per heavy atom. The van der Waals surface area contributed by atoms with Gasteiger partial charge in [0.05, 0.1) is 17.7 Å². The molecule has 1 saturated heterocycles. The smallest absolute Gasteiger partial charge is 0.336 e. The molecule has 4 rings (SSSR count). The topological polar surface area (TPSA) is 81.0 Å². The number of amides is 1. The number of carbonyl (C=O) groups is 1. The fourth-order valence-corrected chi connectivity index (χ4v) is 3.96. The molecule has 2 aromatic carbocycles. The molecule has 2 heterocycles. The molecule has 8 heteroatoms. The molecule has 0 radical (unpaired) electrons. The van der Waals surface area contributed by atoms with E-state index in [0.29, 0.717) is 23.8 Å². The zero-order valence-corrected chi connectivity index (χ0v) is 18.6. The Morgan fingerprint density at radius 1 is 1.25 bits per heavy atom. The van der Waals surface area contributed by atoms with Gasteiger partial charge in [-0.25, -0.2) is 4.79 Å². The van der Waals surface area contributed by atoms with Crippen molar-refractivity contribution < 1.29 is 18.7 Å². The predicted molar refractivity (Wildman–Crippen MR) is 122 cm³/mol. The summed E-state index contributed by atoms with van der Waals surface area (Å²) in [4.78, 5) is 26.2. The number of ether oxygens (including phenoxy) is 2. The third-order valence-corrected chi connectivity index (χ3v) is 5.66. The van der Waals surface area contributed by atoms with Crippen LogP contribution in [-0.4, -0.2) is 49.8 Å². The summed E-state index contributed by atoms with van der Waals surface area (Å²) >= 11 is 6.28. The Morgan fingerprint density at radius 2 is 2.06 bits per heavy atom. The summed E-state index contributed by atoms with van der Waals surface area (Å²) in [7, 11) is 0. The highest BCUT2D eigenvalue weighted by molar-refractivity contribution is 6.32. The summed E-state index contributed by atoms with van der Waals surface area (Å²) < 4.78 is 16.6. The van der Waals surface area contributed by atoms with Gasteiger partial charge in [0, 0.05) is 43.7 Å². The first kappa shape index (κ1) is 22.3. The van der Waals surface area contributed by atoms with Crippen molar-refractivity contribution in [3.63, 3.8) is 0 Å². The average molecular weight is 457 g/mol. The maximum Gasteiger partial charge on any atom is 0.336 e. The molecule has 32 heavy (non-hydrogen) atoms. The Balaban J connectivity index is 1.28. The summed E-state index contributed by atoms with van der Waals surface area (Å²) in [6.07, 6.45) is -0.0853. The number of halogens is 1. The van der Waals surface area contributed by atoms with Gasteiger partial charge in [0.2, 0.25) is 0 Å². The van der Waals surface area contributed by atoms with E-state index in [0.717, 1.165) is 30.6 Å². The standard InChI is InChI=1S/C24H25ClN2O5/c1-16-9-24(29)32-21-11-22(20(25)10-19(16)21)31-15-23(28)26-12-18-14-27(7-8-30-18)13-17-5-3-2-4-6-17/h2-6,9-11,18H,7-8,12-15H2,1H3,(H,26,28). The van der Waals surface area contributed by atoms with Gasteiger partial charge in [-0.1, -0.05) is 41.9 Å². The lowest BCUT2D eigenvalue weighted by Gasteiger charge is -2.33. The van der Waals surface area contributed by atoms with E-state index in [1.165, 1.54) is 17.7 Å². The highest BCUT2D eigenvalue weighted by atomic mass is 35.5. The van der Waals surface area contributed by atoms with Crippen LogP contribution in [0.5, 0.6) is 5.75 Å². The highest BCUT2D eigenvalue weighted by Gasteiger charge is 2.21. The maximum atomic E-state index is 12.3. The van der Waals surface area contributed by atoms with Gasteiger partial charge in [0.15, 0.2) is 6.61 Å². The third-order valence-electron chi connectivity index (χ3n) is 5.36. The van der Waals surface area contributed by atoms with Crippen molar-refractivity contribution in [2.24, 2.45) is 0 Å². The van der Waals surface area contributed by atoms with E-state index in [2.05, 4.69) is 22.3 Å². The summed E-state index contributed by atoms with van der Waals surface area (Å²) in [5.74, 6) is 0.00154. The van der Waals surface area contributed by atoms with E-state index < -0.39 is 5.63 Å². The number of benzene rings is 2. The first-order chi connectivity index (χ1) is 15.5. The first-order valence-electron chi connectivity index (χ1n) is 10.5. The number of hydrogen-bond acceptors (Lipinski definition) is 6. The van der Waals surface area contributed by atoms with Gasteiger partial charge in [-0.15, -0.1) is 0 Å². The minimum absolute atomic E-state index is 0.0853. The molecular weight excluding hydrogens is 432 g/mol. The number of aryl methyl sites for hydroxylation is 1. The number of rotatable bonds is 7. The second-order valence-corrected chi connectivity index (χ2v) is 8.24. The van der Waals surface area contributed by atoms with Gasteiger partial charge in [-0.2, -0.15) is 0 Å². The molecular formula is C24H25ClN2O5. The second kappa shape index (κ2) is 10.2. The zero-order chi connectivity index (χ0) is 22.5. The number of nitrogens with zero attached hydrogens (tertiary/aromatic N) is 1. The maximum absolute atomic E-state index is 12.3. The van der Waals surface area contributed by atoms with Crippen LogP contribution in [-0.2, 0) is 16.1 Å². The van der Waals surface area contributed by atoms with Gasteiger partial charge in [-0.3, -0.25) is 9.69 Å². The molecule has 1 atom stereocenters. The molecule has 0 saturated carbocycles. The fourth-order valence-electron chi connectivity index (χ4n) is 3.74. The largest absolute Gasteiger partial charge is 0.482 e. The molecule has 0 aliphatic carbocycles. The van der Waals surface area contributed by atoms with Crippen LogP contribution in [0.1, 0.15) is 11.1 Å².